The Hall–Kier alpha value is -0.290. The van der Waals surface area contributed by atoms with Crippen LogP contribution in [0.5, 0.6) is 5.75 Å². The van der Waals surface area contributed by atoms with Crippen LogP contribution in [0.3, 0.4) is 0 Å². The zero-order chi connectivity index (χ0) is 8.81. The molecule has 0 fully saturated rings. The van der Waals surface area contributed by atoms with Crippen LogP contribution in [-0.4, -0.2) is 20.2 Å². The van der Waals surface area contributed by atoms with Crippen molar-refractivity contribution in [1.29, 1.82) is 0 Å². The van der Waals surface area contributed by atoms with Gasteiger partial charge in [0.25, 0.3) is 0 Å². The lowest BCUT2D eigenvalue weighted by molar-refractivity contribution is 0.316. The van der Waals surface area contributed by atoms with Crippen LogP contribution < -0.4 is 10.1 Å². The summed E-state index contributed by atoms with van der Waals surface area (Å²) in [6.07, 6.45) is 0. The van der Waals surface area contributed by atoms with Gasteiger partial charge in [-0.3, -0.25) is 0 Å². The first-order valence-electron chi connectivity index (χ1n) is 3.86. The molecule has 0 atom stereocenters. The maximum Gasteiger partial charge on any atom is 0.132 e. The first kappa shape index (κ1) is 9.80. The van der Waals surface area contributed by atoms with Crippen LogP contribution in [0.4, 0.5) is 0 Å². The monoisotopic (exact) mass is 277 g/mol. The Kier molecular flexibility index (Phi) is 4.39. The lowest BCUT2D eigenvalue weighted by Gasteiger charge is -2.06. The summed E-state index contributed by atoms with van der Waals surface area (Å²) in [6, 6.07) is 8.01. The number of rotatable bonds is 4. The molecule has 0 saturated carbocycles. The van der Waals surface area contributed by atoms with E-state index in [1.54, 1.807) is 0 Å². The molecule has 0 amide bonds. The molecular weight excluding hydrogens is 265 g/mol. The van der Waals surface area contributed by atoms with Crippen molar-refractivity contribution < 1.29 is 4.74 Å². The van der Waals surface area contributed by atoms with E-state index in [1.165, 1.54) is 0 Å². The van der Waals surface area contributed by atoms with Crippen molar-refractivity contribution in [1.82, 2.24) is 5.32 Å². The number of benzene rings is 1. The van der Waals surface area contributed by atoms with Crippen LogP contribution in [0.1, 0.15) is 0 Å². The highest BCUT2D eigenvalue weighted by Gasteiger charge is 1.96. The molecule has 0 unspecified atom stereocenters. The lowest BCUT2D eigenvalue weighted by Crippen LogP contribution is -2.16. The van der Waals surface area contributed by atoms with E-state index >= 15 is 0 Å². The Labute approximate surface area is 86.5 Å². The van der Waals surface area contributed by atoms with E-state index in [1.807, 2.05) is 31.3 Å². The van der Waals surface area contributed by atoms with Gasteiger partial charge in [0.05, 0.1) is 3.57 Å². The molecule has 0 bridgehead atoms. The SMILES string of the molecule is CNCCOc1ccccc1I. The fourth-order valence-electron chi connectivity index (χ4n) is 0.825. The second-order valence-corrected chi connectivity index (χ2v) is 3.54. The maximum atomic E-state index is 5.51. The normalized spacial score (nSPS) is 9.83. The Balaban J connectivity index is 2.46. The predicted molar refractivity (Wildman–Crippen MR) is 58.6 cm³/mol. The average Bonchev–Trinajstić information content (AvgIpc) is 2.09. The zero-order valence-corrected chi connectivity index (χ0v) is 9.17. The van der Waals surface area contributed by atoms with Gasteiger partial charge in [-0.05, 0) is 41.8 Å². The molecule has 0 radical (unpaired) electrons. The van der Waals surface area contributed by atoms with Gasteiger partial charge in [0.15, 0.2) is 0 Å². The van der Waals surface area contributed by atoms with Crippen molar-refractivity contribution in [2.24, 2.45) is 0 Å². The molecule has 1 aromatic rings. The summed E-state index contributed by atoms with van der Waals surface area (Å²) in [5.74, 6) is 0.966. The van der Waals surface area contributed by atoms with E-state index in [0.717, 1.165) is 22.5 Å². The third kappa shape index (κ3) is 2.98. The van der Waals surface area contributed by atoms with Crippen molar-refractivity contribution in [2.45, 2.75) is 0 Å². The van der Waals surface area contributed by atoms with E-state index in [-0.39, 0.29) is 0 Å². The van der Waals surface area contributed by atoms with E-state index in [4.69, 9.17) is 4.74 Å². The molecular formula is C9H12INO. The number of halogens is 1. The van der Waals surface area contributed by atoms with E-state index < -0.39 is 0 Å². The maximum absolute atomic E-state index is 5.51. The number of para-hydroxylation sites is 1. The molecule has 0 saturated heterocycles. The highest BCUT2D eigenvalue weighted by molar-refractivity contribution is 14.1. The molecule has 0 heterocycles. The molecule has 2 nitrogen and oxygen atoms in total. The van der Waals surface area contributed by atoms with Crippen LogP contribution in [0.25, 0.3) is 0 Å². The van der Waals surface area contributed by atoms with E-state index in [2.05, 4.69) is 27.9 Å². The molecule has 1 rings (SSSR count). The summed E-state index contributed by atoms with van der Waals surface area (Å²) in [5.41, 5.74) is 0. The fraction of sp³-hybridized carbons (Fsp3) is 0.333. The van der Waals surface area contributed by atoms with Crippen LogP contribution >= 0.6 is 22.6 Å². The van der Waals surface area contributed by atoms with E-state index in [9.17, 15) is 0 Å². The molecule has 1 aromatic carbocycles. The Bertz CT molecular complexity index is 240. The van der Waals surface area contributed by atoms with Crippen molar-refractivity contribution >= 4 is 22.6 Å². The third-order valence-corrected chi connectivity index (χ3v) is 2.34. The van der Waals surface area contributed by atoms with Crippen molar-refractivity contribution in [3.8, 4) is 5.75 Å². The second-order valence-electron chi connectivity index (χ2n) is 2.38. The molecule has 66 valence electrons. The van der Waals surface area contributed by atoms with Gasteiger partial charge >= 0.3 is 0 Å². The first-order valence-corrected chi connectivity index (χ1v) is 4.94. The summed E-state index contributed by atoms with van der Waals surface area (Å²) in [5, 5.41) is 3.03. The average molecular weight is 277 g/mol. The smallest absolute Gasteiger partial charge is 0.132 e. The van der Waals surface area contributed by atoms with Gasteiger partial charge in [0, 0.05) is 6.54 Å². The van der Waals surface area contributed by atoms with Gasteiger partial charge in [-0.25, -0.2) is 0 Å². The van der Waals surface area contributed by atoms with Crippen molar-refractivity contribution in [3.05, 3.63) is 27.8 Å². The molecule has 0 spiro atoms. The van der Waals surface area contributed by atoms with Crippen molar-refractivity contribution in [3.63, 3.8) is 0 Å². The largest absolute Gasteiger partial charge is 0.491 e. The van der Waals surface area contributed by atoms with Gasteiger partial charge in [0.2, 0.25) is 0 Å². The molecule has 0 aromatic heterocycles. The molecule has 3 heteroatoms. The zero-order valence-electron chi connectivity index (χ0n) is 7.01. The van der Waals surface area contributed by atoms with Gasteiger partial charge in [-0.1, -0.05) is 12.1 Å². The highest BCUT2D eigenvalue weighted by atomic mass is 127. The minimum Gasteiger partial charge on any atom is -0.491 e. The highest BCUT2D eigenvalue weighted by Crippen LogP contribution is 2.19. The fourth-order valence-corrected chi connectivity index (χ4v) is 1.37. The number of hydrogen-bond donors (Lipinski definition) is 1. The van der Waals surface area contributed by atoms with E-state index in [0.29, 0.717) is 0 Å². The molecule has 0 aliphatic carbocycles. The summed E-state index contributed by atoms with van der Waals surface area (Å²) < 4.78 is 6.67. The second kappa shape index (κ2) is 5.37. The number of ether oxygens (including phenoxy) is 1. The summed E-state index contributed by atoms with van der Waals surface area (Å²) >= 11 is 2.27. The van der Waals surface area contributed by atoms with Gasteiger partial charge in [-0.2, -0.15) is 0 Å². The van der Waals surface area contributed by atoms with Crippen LogP contribution in [0.15, 0.2) is 24.3 Å². The minimum atomic E-state index is 0.719. The number of nitrogens with one attached hydrogen (secondary N) is 1. The van der Waals surface area contributed by atoms with Gasteiger partial charge < -0.3 is 10.1 Å². The Morgan fingerprint density at radius 1 is 1.42 bits per heavy atom. The minimum absolute atomic E-state index is 0.719. The molecule has 0 aliphatic rings. The number of likely N-dealkylation sites (N-methyl/N-ethyl adjacent to an activating group) is 1. The third-order valence-electron chi connectivity index (χ3n) is 1.45. The van der Waals surface area contributed by atoms with Crippen LogP contribution in [0.2, 0.25) is 0 Å². The molecule has 0 aliphatic heterocycles. The molecule has 1 N–H and O–H groups in total. The Morgan fingerprint density at radius 3 is 2.83 bits per heavy atom. The van der Waals surface area contributed by atoms with Gasteiger partial charge in [-0.15, -0.1) is 0 Å². The van der Waals surface area contributed by atoms with Crippen molar-refractivity contribution in [2.75, 3.05) is 20.2 Å². The topological polar surface area (TPSA) is 21.3 Å². The van der Waals surface area contributed by atoms with Crippen LogP contribution in [-0.2, 0) is 0 Å². The summed E-state index contributed by atoms with van der Waals surface area (Å²) in [4.78, 5) is 0. The summed E-state index contributed by atoms with van der Waals surface area (Å²) in [7, 11) is 1.92. The van der Waals surface area contributed by atoms with Gasteiger partial charge in [0.1, 0.15) is 12.4 Å². The molecule has 12 heavy (non-hydrogen) atoms. The number of hydrogen-bond acceptors (Lipinski definition) is 2. The summed E-state index contributed by atoms with van der Waals surface area (Å²) in [6.45, 7) is 1.60. The quantitative estimate of drug-likeness (QED) is 0.670. The standard InChI is InChI=1S/C9H12INO/c1-11-6-7-12-9-5-3-2-4-8(9)10/h2-5,11H,6-7H2,1H3. The Morgan fingerprint density at radius 2 is 2.17 bits per heavy atom. The predicted octanol–water partition coefficient (Wildman–Crippen LogP) is 1.89. The lowest BCUT2D eigenvalue weighted by atomic mass is 10.3. The van der Waals surface area contributed by atoms with Crippen LogP contribution in [0, 0.1) is 3.57 Å². The first-order chi connectivity index (χ1) is 5.84.